The van der Waals surface area contributed by atoms with Crippen molar-refractivity contribution in [3.63, 3.8) is 0 Å². The fourth-order valence-corrected chi connectivity index (χ4v) is 3.40. The van der Waals surface area contributed by atoms with Crippen molar-refractivity contribution in [1.29, 1.82) is 0 Å². The average molecular weight is 389 g/mol. The molecule has 1 aliphatic carbocycles. The molecule has 0 spiro atoms. The molecule has 0 bridgehead atoms. The zero-order valence-corrected chi connectivity index (χ0v) is 16.0. The number of Topliss-reactive ketones (excluding diaryl/α,β-unsaturated/α-hetero) is 1. The van der Waals surface area contributed by atoms with Crippen molar-refractivity contribution in [2.45, 2.75) is 24.7 Å². The van der Waals surface area contributed by atoms with Gasteiger partial charge in [-0.15, -0.1) is 0 Å². The van der Waals surface area contributed by atoms with E-state index in [1.807, 2.05) is 12.1 Å². The molecule has 0 radical (unpaired) electrons. The summed E-state index contributed by atoms with van der Waals surface area (Å²) in [5, 5.41) is 0.616. The molecule has 0 aromatic heterocycles. The quantitative estimate of drug-likeness (QED) is 0.525. The average Bonchev–Trinajstić information content (AvgIpc) is 2.66. The highest BCUT2D eigenvalue weighted by Crippen LogP contribution is 2.45. The monoisotopic (exact) mass is 388 g/mol. The van der Waals surface area contributed by atoms with Crippen molar-refractivity contribution in [2.75, 3.05) is 20.8 Å². The van der Waals surface area contributed by atoms with Gasteiger partial charge in [-0.2, -0.15) is 0 Å². The van der Waals surface area contributed by atoms with E-state index in [2.05, 4.69) is 0 Å². The van der Waals surface area contributed by atoms with Crippen LogP contribution in [0.3, 0.4) is 0 Å². The summed E-state index contributed by atoms with van der Waals surface area (Å²) in [6.45, 7) is -0.316. The number of benzene rings is 2. The van der Waals surface area contributed by atoms with Gasteiger partial charge in [-0.3, -0.25) is 9.59 Å². The molecule has 27 heavy (non-hydrogen) atoms. The molecule has 2 aromatic rings. The molecule has 0 amide bonds. The number of esters is 1. The Labute approximate surface area is 163 Å². The van der Waals surface area contributed by atoms with E-state index in [0.717, 1.165) is 12.0 Å². The van der Waals surface area contributed by atoms with E-state index in [9.17, 15) is 9.59 Å². The van der Waals surface area contributed by atoms with Crippen LogP contribution >= 0.6 is 11.6 Å². The molecule has 142 valence electrons. The van der Waals surface area contributed by atoms with Crippen molar-refractivity contribution in [2.24, 2.45) is 0 Å². The van der Waals surface area contributed by atoms with Gasteiger partial charge < -0.3 is 14.2 Å². The van der Waals surface area contributed by atoms with Crippen LogP contribution in [0.4, 0.5) is 0 Å². The number of methoxy groups -OCH3 is 2. The zero-order chi connectivity index (χ0) is 19.4. The normalized spacial score (nSPS) is 14.8. The number of halogens is 1. The zero-order valence-electron chi connectivity index (χ0n) is 15.3. The van der Waals surface area contributed by atoms with Crippen LogP contribution in [0.2, 0.25) is 5.02 Å². The van der Waals surface area contributed by atoms with Gasteiger partial charge in [0.2, 0.25) is 0 Å². The van der Waals surface area contributed by atoms with E-state index >= 15 is 0 Å². The third kappa shape index (κ3) is 3.78. The molecule has 3 rings (SSSR count). The third-order valence-electron chi connectivity index (χ3n) is 5.03. The van der Waals surface area contributed by atoms with Gasteiger partial charge in [0.15, 0.2) is 23.9 Å². The molecule has 0 saturated heterocycles. The topological polar surface area (TPSA) is 61.8 Å². The summed E-state index contributed by atoms with van der Waals surface area (Å²) in [5.41, 5.74) is 0.596. The molecule has 1 fully saturated rings. The largest absolute Gasteiger partial charge is 0.493 e. The highest BCUT2D eigenvalue weighted by atomic mass is 35.5. The van der Waals surface area contributed by atoms with Crippen LogP contribution in [-0.2, 0) is 14.9 Å². The van der Waals surface area contributed by atoms with Gasteiger partial charge in [0, 0.05) is 10.6 Å². The van der Waals surface area contributed by atoms with Crippen molar-refractivity contribution >= 4 is 23.4 Å². The Morgan fingerprint density at radius 3 is 2.22 bits per heavy atom. The summed E-state index contributed by atoms with van der Waals surface area (Å²) in [6.07, 6.45) is 2.36. The first-order valence-electron chi connectivity index (χ1n) is 8.68. The SMILES string of the molecule is COc1ccc(C(=O)COC(=O)C2(c3ccc(Cl)cc3)CCC2)cc1OC. The summed E-state index contributed by atoms with van der Waals surface area (Å²) in [6, 6.07) is 12.1. The maximum Gasteiger partial charge on any atom is 0.317 e. The molecule has 0 unspecified atom stereocenters. The van der Waals surface area contributed by atoms with Gasteiger partial charge in [0.25, 0.3) is 0 Å². The smallest absolute Gasteiger partial charge is 0.317 e. The molecule has 0 N–H and O–H groups in total. The molecule has 6 heteroatoms. The Hall–Kier alpha value is -2.53. The molecule has 0 atom stereocenters. The highest BCUT2D eigenvalue weighted by Gasteiger charge is 2.47. The second kappa shape index (κ2) is 8.01. The van der Waals surface area contributed by atoms with Crippen LogP contribution in [0, 0.1) is 0 Å². The highest BCUT2D eigenvalue weighted by molar-refractivity contribution is 6.30. The Balaban J connectivity index is 1.69. The number of carbonyl (C=O) groups is 2. The number of rotatable bonds is 7. The molecule has 0 heterocycles. The standard InChI is InChI=1S/C21H21ClO5/c1-25-18-9-4-14(12-19(18)26-2)17(23)13-27-20(24)21(10-3-11-21)15-5-7-16(22)8-6-15/h4-9,12H,3,10-11,13H2,1-2H3. The second-order valence-corrected chi connectivity index (χ2v) is 6.95. The lowest BCUT2D eigenvalue weighted by atomic mass is 9.64. The summed E-state index contributed by atoms with van der Waals surface area (Å²) < 4.78 is 15.8. The van der Waals surface area contributed by atoms with Gasteiger partial charge in [0.1, 0.15) is 0 Å². The Morgan fingerprint density at radius 2 is 1.67 bits per heavy atom. The fourth-order valence-electron chi connectivity index (χ4n) is 3.27. The van der Waals surface area contributed by atoms with Gasteiger partial charge in [-0.1, -0.05) is 30.2 Å². The van der Waals surface area contributed by atoms with Gasteiger partial charge in [-0.05, 0) is 48.7 Å². The van der Waals surface area contributed by atoms with Crippen molar-refractivity contribution in [3.05, 3.63) is 58.6 Å². The minimum absolute atomic E-state index is 0.296. The lowest BCUT2D eigenvalue weighted by Gasteiger charge is -2.39. The van der Waals surface area contributed by atoms with E-state index in [-0.39, 0.29) is 18.4 Å². The molecule has 5 nitrogen and oxygen atoms in total. The number of hydrogen-bond acceptors (Lipinski definition) is 5. The van der Waals surface area contributed by atoms with Gasteiger partial charge in [-0.25, -0.2) is 0 Å². The second-order valence-electron chi connectivity index (χ2n) is 6.51. The van der Waals surface area contributed by atoms with Crippen LogP contribution in [0.15, 0.2) is 42.5 Å². The lowest BCUT2D eigenvalue weighted by molar-refractivity contribution is -0.153. The maximum absolute atomic E-state index is 12.7. The summed E-state index contributed by atoms with van der Waals surface area (Å²) >= 11 is 5.94. The van der Waals surface area contributed by atoms with E-state index in [1.54, 1.807) is 30.3 Å². The van der Waals surface area contributed by atoms with E-state index in [0.29, 0.717) is 34.9 Å². The van der Waals surface area contributed by atoms with Crippen LogP contribution < -0.4 is 9.47 Å². The predicted octanol–water partition coefficient (Wildman–Crippen LogP) is 4.21. The van der Waals surface area contributed by atoms with Crippen molar-refractivity contribution in [1.82, 2.24) is 0 Å². The molecule has 2 aromatic carbocycles. The Kier molecular flexibility index (Phi) is 5.71. The summed E-state index contributed by atoms with van der Waals surface area (Å²) in [7, 11) is 3.02. The number of carbonyl (C=O) groups excluding carboxylic acids is 2. The first-order valence-corrected chi connectivity index (χ1v) is 9.06. The van der Waals surface area contributed by atoms with Crippen molar-refractivity contribution < 1.29 is 23.8 Å². The van der Waals surface area contributed by atoms with Crippen LogP contribution in [0.25, 0.3) is 0 Å². The van der Waals surface area contributed by atoms with Crippen molar-refractivity contribution in [3.8, 4) is 11.5 Å². The Bertz CT molecular complexity index is 840. The van der Waals surface area contributed by atoms with Gasteiger partial charge in [0.05, 0.1) is 19.6 Å². The number of hydrogen-bond donors (Lipinski definition) is 0. The minimum Gasteiger partial charge on any atom is -0.493 e. The minimum atomic E-state index is -0.678. The van der Waals surface area contributed by atoms with E-state index in [1.165, 1.54) is 14.2 Å². The first kappa shape index (κ1) is 19.2. The molecule has 0 aliphatic heterocycles. The first-order chi connectivity index (χ1) is 13.0. The van der Waals surface area contributed by atoms with E-state index in [4.69, 9.17) is 25.8 Å². The molecular weight excluding hydrogens is 368 g/mol. The van der Waals surface area contributed by atoms with E-state index < -0.39 is 5.41 Å². The summed E-state index contributed by atoms with van der Waals surface area (Å²) in [4.78, 5) is 25.2. The third-order valence-corrected chi connectivity index (χ3v) is 5.29. The molecule has 1 saturated carbocycles. The summed E-state index contributed by atoms with van der Waals surface area (Å²) in [5.74, 6) is 0.313. The molecular formula is C21H21ClO5. The number of ether oxygens (including phenoxy) is 3. The van der Waals surface area contributed by atoms with Crippen LogP contribution in [0.1, 0.15) is 35.2 Å². The lowest BCUT2D eigenvalue weighted by Crippen LogP contribution is -2.44. The molecule has 1 aliphatic rings. The maximum atomic E-state index is 12.7. The van der Waals surface area contributed by atoms with Gasteiger partial charge >= 0.3 is 5.97 Å². The predicted molar refractivity (Wildman–Crippen MR) is 102 cm³/mol. The Morgan fingerprint density at radius 1 is 1.00 bits per heavy atom. The number of ketones is 1. The fraction of sp³-hybridized carbons (Fsp3) is 0.333. The van der Waals surface area contributed by atoms with Crippen LogP contribution in [0.5, 0.6) is 11.5 Å². The van der Waals surface area contributed by atoms with Crippen LogP contribution in [-0.4, -0.2) is 32.6 Å².